The molecule has 0 saturated heterocycles. The summed E-state index contributed by atoms with van der Waals surface area (Å²) < 4.78 is 50.1. The lowest BCUT2D eigenvalue weighted by molar-refractivity contribution is -0.135. The van der Waals surface area contributed by atoms with Gasteiger partial charge in [0.1, 0.15) is 22.3 Å². The third kappa shape index (κ3) is 4.56. The van der Waals surface area contributed by atoms with Crippen LogP contribution in [0.25, 0.3) is 22.3 Å². The highest BCUT2D eigenvalue weighted by Gasteiger charge is 2.24. The maximum absolute atomic E-state index is 13.6. The number of halogens is 6. The summed E-state index contributed by atoms with van der Waals surface area (Å²) in [5.41, 5.74) is -0.583. The largest absolute Gasteiger partial charge is 0.497 e. The second-order valence-corrected chi connectivity index (χ2v) is 7.21. The van der Waals surface area contributed by atoms with Crippen LogP contribution in [0.4, 0.5) is 13.2 Å². The average molecular weight is 495 g/mol. The molecule has 1 heterocycles. The van der Waals surface area contributed by atoms with Gasteiger partial charge < -0.3 is 14.3 Å². The van der Waals surface area contributed by atoms with E-state index in [0.717, 1.165) is 18.3 Å². The normalized spacial score (nSPS) is 11.0. The van der Waals surface area contributed by atoms with Crippen molar-refractivity contribution in [1.29, 1.82) is 0 Å². The van der Waals surface area contributed by atoms with Gasteiger partial charge in [-0.3, -0.25) is 4.79 Å². The van der Waals surface area contributed by atoms with Crippen molar-refractivity contribution in [1.82, 2.24) is 4.73 Å². The molecule has 3 aromatic rings. The summed E-state index contributed by atoms with van der Waals surface area (Å²) in [6.07, 6.45) is 0.982. The Balaban J connectivity index is 2.45. The first-order valence-corrected chi connectivity index (χ1v) is 9.59. The second kappa shape index (κ2) is 9.30. The Kier molecular flexibility index (Phi) is 6.93. The van der Waals surface area contributed by atoms with Crippen LogP contribution in [-0.2, 0) is 0 Å². The number of pyridine rings is 1. The third-order valence-corrected chi connectivity index (χ3v) is 5.33. The lowest BCUT2D eigenvalue weighted by Crippen LogP contribution is -2.30. The molecular formula is C20H13Cl3F3NO4. The summed E-state index contributed by atoms with van der Waals surface area (Å²) in [5, 5.41) is -0.494. The highest BCUT2D eigenvalue weighted by atomic mass is 35.5. The van der Waals surface area contributed by atoms with Crippen LogP contribution in [0.1, 0.15) is 0 Å². The standard InChI is InChI=1S/C20H13Cl3F3NO4/c1-29-10-6-12(17(22)15(7-10)30-2)13-8-27(31-20(25)26)19(28)18(23)16(13)11-4-3-9(24)5-14(11)21/h3-8,20H,1-2H3. The van der Waals surface area contributed by atoms with E-state index >= 15 is 0 Å². The first kappa shape index (κ1) is 23.1. The first-order chi connectivity index (χ1) is 14.7. The van der Waals surface area contributed by atoms with Crippen LogP contribution in [0.3, 0.4) is 0 Å². The van der Waals surface area contributed by atoms with Crippen molar-refractivity contribution in [2.24, 2.45) is 0 Å². The highest BCUT2D eigenvalue weighted by molar-refractivity contribution is 6.38. The van der Waals surface area contributed by atoms with Crippen molar-refractivity contribution in [3.63, 3.8) is 0 Å². The van der Waals surface area contributed by atoms with Crippen molar-refractivity contribution < 1.29 is 27.5 Å². The summed E-state index contributed by atoms with van der Waals surface area (Å²) in [6.45, 7) is -3.31. The fraction of sp³-hybridized carbons (Fsp3) is 0.150. The number of hydrogen-bond acceptors (Lipinski definition) is 4. The molecule has 0 aliphatic heterocycles. The van der Waals surface area contributed by atoms with Gasteiger partial charge in [-0.1, -0.05) is 34.8 Å². The summed E-state index contributed by atoms with van der Waals surface area (Å²) in [7, 11) is 2.77. The zero-order valence-corrected chi connectivity index (χ0v) is 18.2. The molecule has 164 valence electrons. The van der Waals surface area contributed by atoms with Crippen LogP contribution >= 0.6 is 34.8 Å². The van der Waals surface area contributed by atoms with Crippen molar-refractivity contribution in [2.45, 2.75) is 6.61 Å². The Labute approximate surface area is 189 Å². The van der Waals surface area contributed by atoms with Gasteiger partial charge in [0.2, 0.25) is 0 Å². The molecule has 0 N–H and O–H groups in total. The smallest absolute Gasteiger partial charge is 0.405 e. The van der Waals surface area contributed by atoms with Crippen molar-refractivity contribution in [2.75, 3.05) is 14.2 Å². The van der Waals surface area contributed by atoms with E-state index in [1.165, 1.54) is 32.4 Å². The predicted octanol–water partition coefficient (Wildman–Crippen LogP) is 5.95. The fourth-order valence-electron chi connectivity index (χ4n) is 2.92. The highest BCUT2D eigenvalue weighted by Crippen LogP contribution is 2.45. The van der Waals surface area contributed by atoms with Gasteiger partial charge in [-0.25, -0.2) is 4.39 Å². The molecule has 0 spiro atoms. The predicted molar refractivity (Wildman–Crippen MR) is 112 cm³/mol. The number of methoxy groups -OCH3 is 2. The molecule has 0 amide bonds. The molecular weight excluding hydrogens is 482 g/mol. The van der Waals surface area contributed by atoms with Crippen LogP contribution in [0.15, 0.2) is 41.3 Å². The summed E-state index contributed by atoms with van der Waals surface area (Å²) >= 11 is 18.9. The molecule has 0 fully saturated rings. The van der Waals surface area contributed by atoms with Crippen LogP contribution < -0.4 is 19.9 Å². The van der Waals surface area contributed by atoms with E-state index in [9.17, 15) is 18.0 Å². The van der Waals surface area contributed by atoms with Crippen molar-refractivity contribution in [3.05, 3.63) is 67.8 Å². The van der Waals surface area contributed by atoms with E-state index in [0.29, 0.717) is 5.75 Å². The van der Waals surface area contributed by atoms with E-state index in [1.54, 1.807) is 0 Å². The van der Waals surface area contributed by atoms with Crippen LogP contribution in [0, 0.1) is 5.82 Å². The Morgan fingerprint density at radius 2 is 1.65 bits per heavy atom. The van der Waals surface area contributed by atoms with Gasteiger partial charge in [-0.2, -0.15) is 8.78 Å². The molecule has 31 heavy (non-hydrogen) atoms. The Morgan fingerprint density at radius 3 is 2.23 bits per heavy atom. The number of benzene rings is 2. The third-order valence-electron chi connectivity index (χ3n) is 4.28. The maximum Gasteiger partial charge on any atom is 0.405 e. The molecule has 0 unspecified atom stereocenters. The molecule has 0 aliphatic carbocycles. The van der Waals surface area contributed by atoms with Gasteiger partial charge >= 0.3 is 12.2 Å². The minimum atomic E-state index is -3.31. The lowest BCUT2D eigenvalue weighted by Gasteiger charge is -2.19. The van der Waals surface area contributed by atoms with E-state index < -0.39 is 23.0 Å². The molecule has 1 aromatic heterocycles. The zero-order valence-electron chi connectivity index (χ0n) is 15.9. The molecule has 0 aliphatic rings. The minimum absolute atomic E-state index is 0.0305. The number of hydrogen-bond donors (Lipinski definition) is 0. The van der Waals surface area contributed by atoms with E-state index in [1.807, 2.05) is 0 Å². The van der Waals surface area contributed by atoms with Gasteiger partial charge in [-0.15, -0.1) is 4.73 Å². The maximum atomic E-state index is 13.6. The first-order valence-electron chi connectivity index (χ1n) is 8.45. The number of ether oxygens (including phenoxy) is 2. The quantitative estimate of drug-likeness (QED) is 0.425. The van der Waals surface area contributed by atoms with Crippen LogP contribution in [0.5, 0.6) is 11.5 Å². The van der Waals surface area contributed by atoms with E-state index in [2.05, 4.69) is 4.84 Å². The van der Waals surface area contributed by atoms with E-state index in [-0.39, 0.29) is 42.8 Å². The van der Waals surface area contributed by atoms with Crippen molar-refractivity contribution in [3.8, 4) is 33.8 Å². The van der Waals surface area contributed by atoms with Gasteiger partial charge in [0, 0.05) is 28.3 Å². The molecule has 3 rings (SSSR count). The Bertz CT molecular complexity index is 1200. The number of rotatable bonds is 6. The fourth-order valence-corrected chi connectivity index (χ4v) is 3.76. The molecule has 0 bridgehead atoms. The van der Waals surface area contributed by atoms with Crippen LogP contribution in [-0.4, -0.2) is 25.6 Å². The number of nitrogens with zero attached hydrogens (tertiary/aromatic N) is 1. The van der Waals surface area contributed by atoms with Gasteiger partial charge in [0.25, 0.3) is 0 Å². The summed E-state index contributed by atoms with van der Waals surface area (Å²) in [4.78, 5) is 16.8. The average Bonchev–Trinajstić information content (AvgIpc) is 2.72. The molecule has 0 radical (unpaired) electrons. The lowest BCUT2D eigenvalue weighted by atomic mass is 9.95. The number of aromatic nitrogens is 1. The van der Waals surface area contributed by atoms with E-state index in [4.69, 9.17) is 44.3 Å². The minimum Gasteiger partial charge on any atom is -0.497 e. The summed E-state index contributed by atoms with van der Waals surface area (Å²) in [6, 6.07) is 6.41. The second-order valence-electron chi connectivity index (χ2n) is 6.04. The van der Waals surface area contributed by atoms with Crippen molar-refractivity contribution >= 4 is 34.8 Å². The van der Waals surface area contributed by atoms with Crippen LogP contribution in [0.2, 0.25) is 15.1 Å². The van der Waals surface area contributed by atoms with Gasteiger partial charge in [0.05, 0.1) is 30.5 Å². The van der Waals surface area contributed by atoms with Gasteiger partial charge in [-0.05, 0) is 24.3 Å². The molecule has 0 saturated carbocycles. The van der Waals surface area contributed by atoms with Gasteiger partial charge in [0.15, 0.2) is 0 Å². The molecule has 2 aromatic carbocycles. The molecule has 11 heteroatoms. The molecule has 5 nitrogen and oxygen atoms in total. The zero-order chi connectivity index (χ0) is 22.9. The SMILES string of the molecule is COc1cc(OC)c(Cl)c(-c2cn(OC(F)F)c(=O)c(Cl)c2-c2ccc(F)cc2Cl)c1. The Morgan fingerprint density at radius 1 is 0.935 bits per heavy atom. The monoisotopic (exact) mass is 493 g/mol. The topological polar surface area (TPSA) is 49.7 Å². The number of alkyl halides is 2. The Hall–Kier alpha value is -2.55. The molecule has 0 atom stereocenters. The summed E-state index contributed by atoms with van der Waals surface area (Å²) in [5.74, 6) is -0.103.